The van der Waals surface area contributed by atoms with Crippen LogP contribution in [-0.2, 0) is 10.4 Å². The highest BCUT2D eigenvalue weighted by Crippen LogP contribution is 2.43. The topological polar surface area (TPSA) is 57.6 Å². The number of likely N-dealkylation sites (N-methyl/N-ethyl adjacent to an activating group) is 1. The van der Waals surface area contributed by atoms with Crippen molar-refractivity contribution in [3.05, 3.63) is 65.2 Å². The summed E-state index contributed by atoms with van der Waals surface area (Å²) in [4.78, 5) is 26.8. The van der Waals surface area contributed by atoms with Gasteiger partial charge in [-0.25, -0.2) is 0 Å². The summed E-state index contributed by atoms with van der Waals surface area (Å²) in [7, 11) is 0. The van der Waals surface area contributed by atoms with Crippen molar-refractivity contribution < 1.29 is 14.7 Å². The van der Waals surface area contributed by atoms with Crippen LogP contribution in [-0.4, -0.2) is 23.3 Å². The van der Waals surface area contributed by atoms with Crippen molar-refractivity contribution in [2.75, 3.05) is 11.4 Å². The fourth-order valence-corrected chi connectivity index (χ4v) is 3.11. The number of anilines is 1. The number of aliphatic hydroxyl groups is 1. The molecule has 4 nitrogen and oxygen atoms in total. The van der Waals surface area contributed by atoms with Gasteiger partial charge in [-0.15, -0.1) is 0 Å². The molecule has 118 valence electrons. The predicted octanol–water partition coefficient (Wildman–Crippen LogP) is 2.82. The summed E-state index contributed by atoms with van der Waals surface area (Å²) in [5.41, 5.74) is 0.864. The van der Waals surface area contributed by atoms with Gasteiger partial charge in [-0.05, 0) is 19.9 Å². The van der Waals surface area contributed by atoms with Crippen LogP contribution in [0.25, 0.3) is 0 Å². The molecule has 23 heavy (non-hydrogen) atoms. The Hall–Kier alpha value is -2.46. The molecule has 3 rings (SSSR count). The molecule has 0 saturated carbocycles. The lowest BCUT2D eigenvalue weighted by Crippen LogP contribution is -2.41. The lowest BCUT2D eigenvalue weighted by Gasteiger charge is -2.22. The highest BCUT2D eigenvalue weighted by molar-refractivity contribution is 6.10. The van der Waals surface area contributed by atoms with E-state index in [1.54, 1.807) is 30.3 Å². The van der Waals surface area contributed by atoms with E-state index in [2.05, 4.69) is 0 Å². The minimum atomic E-state index is -1.79. The van der Waals surface area contributed by atoms with Crippen molar-refractivity contribution in [3.8, 4) is 0 Å². The van der Waals surface area contributed by atoms with E-state index in [1.807, 2.05) is 32.0 Å². The van der Waals surface area contributed by atoms with Gasteiger partial charge in [0.25, 0.3) is 5.91 Å². The number of carbonyl (C=O) groups is 2. The van der Waals surface area contributed by atoms with E-state index in [-0.39, 0.29) is 12.2 Å². The number of hydrogen-bond acceptors (Lipinski definition) is 3. The van der Waals surface area contributed by atoms with Crippen LogP contribution in [0.1, 0.15) is 34.8 Å². The van der Waals surface area contributed by atoms with Crippen LogP contribution >= 0.6 is 0 Å². The zero-order valence-electron chi connectivity index (χ0n) is 13.2. The molecule has 1 atom stereocenters. The van der Waals surface area contributed by atoms with E-state index < -0.39 is 11.5 Å². The molecule has 0 saturated heterocycles. The Morgan fingerprint density at radius 2 is 1.87 bits per heavy atom. The van der Waals surface area contributed by atoms with Gasteiger partial charge < -0.3 is 10.0 Å². The maximum absolute atomic E-state index is 12.7. The van der Waals surface area contributed by atoms with E-state index in [9.17, 15) is 14.7 Å². The lowest BCUT2D eigenvalue weighted by atomic mass is 9.87. The average Bonchev–Trinajstić information content (AvgIpc) is 2.76. The summed E-state index contributed by atoms with van der Waals surface area (Å²) < 4.78 is 0. The van der Waals surface area contributed by atoms with Gasteiger partial charge in [0.05, 0.1) is 12.1 Å². The van der Waals surface area contributed by atoms with Gasteiger partial charge >= 0.3 is 0 Å². The summed E-state index contributed by atoms with van der Waals surface area (Å²) in [5, 5.41) is 11.1. The second-order valence-electron chi connectivity index (χ2n) is 5.90. The van der Waals surface area contributed by atoms with Gasteiger partial charge in [-0.2, -0.15) is 0 Å². The average molecular weight is 309 g/mol. The fraction of sp³-hybridized carbons (Fsp3) is 0.263. The third-order valence-electron chi connectivity index (χ3n) is 4.32. The number of ketones is 1. The summed E-state index contributed by atoms with van der Waals surface area (Å²) in [5.74, 6) is -0.670. The van der Waals surface area contributed by atoms with Gasteiger partial charge in [-0.3, -0.25) is 9.59 Å². The number of hydrogen-bond donors (Lipinski definition) is 1. The third kappa shape index (κ3) is 2.45. The molecular weight excluding hydrogens is 290 g/mol. The van der Waals surface area contributed by atoms with Crippen molar-refractivity contribution in [2.45, 2.75) is 25.9 Å². The largest absolute Gasteiger partial charge is 0.375 e. The Bertz CT molecular complexity index is 769. The quantitative estimate of drug-likeness (QED) is 0.884. The maximum atomic E-state index is 12.7. The van der Waals surface area contributed by atoms with Crippen LogP contribution in [0, 0.1) is 6.92 Å². The molecule has 1 N–H and O–H groups in total. The number of Topliss-reactive ketones (excluding diaryl/α,β-unsaturated/α-hetero) is 1. The van der Waals surface area contributed by atoms with Crippen LogP contribution in [0.2, 0.25) is 0 Å². The molecule has 0 radical (unpaired) electrons. The summed E-state index contributed by atoms with van der Waals surface area (Å²) in [6, 6.07) is 14.3. The maximum Gasteiger partial charge on any atom is 0.264 e. The van der Waals surface area contributed by atoms with E-state index >= 15 is 0 Å². The monoisotopic (exact) mass is 309 g/mol. The molecule has 0 aromatic heterocycles. The van der Waals surface area contributed by atoms with Crippen LogP contribution in [0.4, 0.5) is 5.69 Å². The van der Waals surface area contributed by atoms with Crippen LogP contribution in [0.15, 0.2) is 48.5 Å². The fourth-order valence-electron chi connectivity index (χ4n) is 3.11. The molecule has 0 fully saturated rings. The first kappa shape index (κ1) is 15.4. The first-order valence-corrected chi connectivity index (χ1v) is 7.71. The van der Waals surface area contributed by atoms with E-state index in [1.165, 1.54) is 4.90 Å². The molecule has 1 amide bonds. The molecule has 4 heteroatoms. The van der Waals surface area contributed by atoms with Crippen molar-refractivity contribution >= 4 is 17.4 Å². The molecule has 0 spiro atoms. The SMILES string of the molecule is CCN1C(=O)[C@](O)(CC(=O)c2ccccc2)c2cc(C)ccc21. The second kappa shape index (κ2) is 5.63. The van der Waals surface area contributed by atoms with Crippen molar-refractivity contribution in [2.24, 2.45) is 0 Å². The molecule has 1 aliphatic rings. The van der Waals surface area contributed by atoms with Crippen molar-refractivity contribution in [3.63, 3.8) is 0 Å². The Morgan fingerprint density at radius 3 is 2.52 bits per heavy atom. The van der Waals surface area contributed by atoms with Gasteiger partial charge in [0.2, 0.25) is 0 Å². The summed E-state index contributed by atoms with van der Waals surface area (Å²) in [6.45, 7) is 4.21. The molecule has 1 aliphatic heterocycles. The van der Waals surface area contributed by atoms with Crippen LogP contribution in [0.5, 0.6) is 0 Å². The number of rotatable bonds is 4. The van der Waals surface area contributed by atoms with E-state index in [0.717, 1.165) is 5.56 Å². The molecule has 2 aromatic rings. The highest BCUT2D eigenvalue weighted by atomic mass is 16.3. The third-order valence-corrected chi connectivity index (χ3v) is 4.32. The Balaban J connectivity index is 2.02. The minimum absolute atomic E-state index is 0.244. The number of fused-ring (bicyclic) bond motifs is 1. The summed E-state index contributed by atoms with van der Waals surface area (Å²) >= 11 is 0. The number of amides is 1. The minimum Gasteiger partial charge on any atom is -0.375 e. The molecule has 0 bridgehead atoms. The smallest absolute Gasteiger partial charge is 0.264 e. The number of nitrogens with zero attached hydrogens (tertiary/aromatic N) is 1. The van der Waals surface area contributed by atoms with E-state index in [4.69, 9.17) is 0 Å². The van der Waals surface area contributed by atoms with Crippen molar-refractivity contribution in [1.82, 2.24) is 0 Å². The normalized spacial score (nSPS) is 19.8. The Labute approximate surface area is 135 Å². The first-order valence-electron chi connectivity index (χ1n) is 7.71. The second-order valence-corrected chi connectivity index (χ2v) is 5.90. The van der Waals surface area contributed by atoms with Gasteiger partial charge in [-0.1, -0.05) is 48.0 Å². The molecule has 1 heterocycles. The molecule has 2 aromatic carbocycles. The molecule has 0 unspecified atom stereocenters. The molecule has 0 aliphatic carbocycles. The number of carbonyl (C=O) groups excluding carboxylic acids is 2. The molecular formula is C19H19NO3. The summed E-state index contributed by atoms with van der Waals surface area (Å²) in [6.07, 6.45) is -0.247. The Morgan fingerprint density at radius 1 is 1.17 bits per heavy atom. The first-order chi connectivity index (χ1) is 11.0. The predicted molar refractivity (Wildman–Crippen MR) is 88.5 cm³/mol. The van der Waals surface area contributed by atoms with Gasteiger partial charge in [0.15, 0.2) is 11.4 Å². The zero-order chi connectivity index (χ0) is 16.6. The lowest BCUT2D eigenvalue weighted by molar-refractivity contribution is -0.135. The standard InChI is InChI=1S/C19H19NO3/c1-3-20-16-10-9-13(2)11-15(16)19(23,18(20)22)12-17(21)14-7-5-4-6-8-14/h4-11,23H,3,12H2,1-2H3/t19-/m0/s1. The van der Waals surface area contributed by atoms with Crippen LogP contribution in [0.3, 0.4) is 0 Å². The number of benzene rings is 2. The highest BCUT2D eigenvalue weighted by Gasteiger charge is 2.50. The number of aryl methyl sites for hydroxylation is 1. The van der Waals surface area contributed by atoms with Gasteiger partial charge in [0.1, 0.15) is 0 Å². The Kier molecular flexibility index (Phi) is 3.78. The van der Waals surface area contributed by atoms with Crippen molar-refractivity contribution in [1.29, 1.82) is 0 Å². The van der Waals surface area contributed by atoms with Crippen LogP contribution < -0.4 is 4.90 Å². The zero-order valence-corrected chi connectivity index (χ0v) is 13.2. The van der Waals surface area contributed by atoms with Gasteiger partial charge in [0, 0.05) is 17.7 Å². The van der Waals surface area contributed by atoms with E-state index in [0.29, 0.717) is 23.4 Å².